The maximum absolute atomic E-state index is 12.8. The van der Waals surface area contributed by atoms with E-state index in [0.717, 1.165) is 10.7 Å². The molecule has 1 saturated heterocycles. The maximum atomic E-state index is 12.8. The lowest BCUT2D eigenvalue weighted by Gasteiger charge is -2.34. The molecule has 0 spiro atoms. The molecule has 1 aliphatic heterocycles. The van der Waals surface area contributed by atoms with Gasteiger partial charge in [-0.3, -0.25) is 9.59 Å². The van der Waals surface area contributed by atoms with Gasteiger partial charge in [0.05, 0.1) is 16.7 Å². The second kappa shape index (κ2) is 8.07. The smallest absolute Gasteiger partial charge is 0.248 e. The van der Waals surface area contributed by atoms with Crippen molar-refractivity contribution in [2.24, 2.45) is 5.92 Å². The van der Waals surface area contributed by atoms with Crippen molar-refractivity contribution in [1.29, 1.82) is 0 Å². The number of aromatic nitrogens is 1. The molecule has 0 bridgehead atoms. The third-order valence-corrected chi connectivity index (χ3v) is 5.63. The molecule has 2 rings (SSSR count). The van der Waals surface area contributed by atoms with E-state index in [1.54, 1.807) is 21.1 Å². The van der Waals surface area contributed by atoms with E-state index >= 15 is 0 Å². The highest BCUT2D eigenvalue weighted by molar-refractivity contribution is 7.11. The summed E-state index contributed by atoms with van der Waals surface area (Å²) >= 11 is 1.67. The Morgan fingerprint density at radius 3 is 2.50 bits per heavy atom. The predicted molar refractivity (Wildman–Crippen MR) is 94.0 cm³/mol. The van der Waals surface area contributed by atoms with E-state index in [0.29, 0.717) is 25.9 Å². The average molecular weight is 353 g/mol. The average Bonchev–Trinajstić information content (AvgIpc) is 2.91. The van der Waals surface area contributed by atoms with Crippen LogP contribution in [0.5, 0.6) is 0 Å². The molecular formula is C17H27N3O3S. The van der Waals surface area contributed by atoms with Gasteiger partial charge in [0.2, 0.25) is 11.8 Å². The van der Waals surface area contributed by atoms with Crippen LogP contribution < -0.4 is 0 Å². The molecule has 1 fully saturated rings. The molecule has 1 atom stereocenters. The van der Waals surface area contributed by atoms with Gasteiger partial charge in [-0.15, -0.1) is 11.3 Å². The molecule has 0 aliphatic carbocycles. The number of rotatable bonds is 5. The van der Waals surface area contributed by atoms with Crippen LogP contribution in [0.25, 0.3) is 0 Å². The highest BCUT2D eigenvalue weighted by atomic mass is 32.1. The van der Waals surface area contributed by atoms with Crippen molar-refractivity contribution >= 4 is 23.2 Å². The van der Waals surface area contributed by atoms with Gasteiger partial charge in [0.15, 0.2) is 0 Å². The van der Waals surface area contributed by atoms with Crippen LogP contribution in [0.2, 0.25) is 0 Å². The highest BCUT2D eigenvalue weighted by Crippen LogP contribution is 2.28. The molecule has 1 aliphatic rings. The Hall–Kier alpha value is -1.47. The van der Waals surface area contributed by atoms with E-state index in [2.05, 4.69) is 11.9 Å². The van der Waals surface area contributed by atoms with Gasteiger partial charge in [-0.05, 0) is 33.6 Å². The lowest BCUT2D eigenvalue weighted by molar-refractivity contribution is -0.142. The molecule has 6 nitrogen and oxygen atoms in total. The number of piperidine rings is 1. The first-order valence-electron chi connectivity index (χ1n) is 8.32. The number of ether oxygens (including phenoxy) is 1. The van der Waals surface area contributed by atoms with Crippen molar-refractivity contribution in [3.63, 3.8) is 0 Å². The molecule has 1 aromatic heterocycles. The summed E-state index contributed by atoms with van der Waals surface area (Å²) in [7, 11) is 3.37. The standard InChI is InChI=1S/C17H27N3O3S/c1-11(16-12(2)24-13(3)18-16)19(4)17(22)14-6-8-20(9-7-14)15(21)10-23-5/h11,14H,6-10H2,1-5H3/t11-/m0/s1. The lowest BCUT2D eigenvalue weighted by Crippen LogP contribution is -2.45. The Kier molecular flexibility index (Phi) is 6.34. The van der Waals surface area contributed by atoms with Crippen molar-refractivity contribution in [2.75, 3.05) is 33.9 Å². The number of aryl methyl sites for hydroxylation is 2. The first-order valence-corrected chi connectivity index (χ1v) is 9.14. The van der Waals surface area contributed by atoms with Gasteiger partial charge >= 0.3 is 0 Å². The maximum Gasteiger partial charge on any atom is 0.248 e. The summed E-state index contributed by atoms with van der Waals surface area (Å²) in [6.45, 7) is 7.41. The number of hydrogen-bond acceptors (Lipinski definition) is 5. The lowest BCUT2D eigenvalue weighted by atomic mass is 9.94. The number of carbonyl (C=O) groups excluding carboxylic acids is 2. The molecule has 0 N–H and O–H groups in total. The van der Waals surface area contributed by atoms with Gasteiger partial charge < -0.3 is 14.5 Å². The van der Waals surface area contributed by atoms with Crippen LogP contribution >= 0.6 is 11.3 Å². The van der Waals surface area contributed by atoms with Crippen molar-refractivity contribution in [3.8, 4) is 0 Å². The molecule has 2 heterocycles. The third kappa shape index (κ3) is 4.13. The molecule has 1 aromatic rings. The van der Waals surface area contributed by atoms with E-state index in [1.165, 1.54) is 12.0 Å². The van der Waals surface area contributed by atoms with Gasteiger partial charge in [0.25, 0.3) is 0 Å². The van der Waals surface area contributed by atoms with E-state index in [-0.39, 0.29) is 30.4 Å². The van der Waals surface area contributed by atoms with Crippen molar-refractivity contribution in [3.05, 3.63) is 15.6 Å². The summed E-state index contributed by atoms with van der Waals surface area (Å²) in [4.78, 5) is 34.0. The highest BCUT2D eigenvalue weighted by Gasteiger charge is 2.31. The number of nitrogens with zero attached hydrogens (tertiary/aromatic N) is 3. The fraction of sp³-hybridized carbons (Fsp3) is 0.706. The Morgan fingerprint density at radius 1 is 1.38 bits per heavy atom. The Morgan fingerprint density at radius 2 is 2.00 bits per heavy atom. The van der Waals surface area contributed by atoms with E-state index in [4.69, 9.17) is 4.74 Å². The van der Waals surface area contributed by atoms with E-state index in [1.807, 2.05) is 20.9 Å². The number of carbonyl (C=O) groups is 2. The predicted octanol–water partition coefficient (Wildman–Crippen LogP) is 2.16. The van der Waals surface area contributed by atoms with E-state index < -0.39 is 0 Å². The quantitative estimate of drug-likeness (QED) is 0.814. The van der Waals surface area contributed by atoms with E-state index in [9.17, 15) is 9.59 Å². The Balaban J connectivity index is 1.94. The minimum Gasteiger partial charge on any atom is -0.375 e. The summed E-state index contributed by atoms with van der Waals surface area (Å²) in [6, 6.07) is -0.0318. The first kappa shape index (κ1) is 18.9. The minimum absolute atomic E-state index is 0.00121. The van der Waals surface area contributed by atoms with Crippen molar-refractivity contribution in [1.82, 2.24) is 14.8 Å². The van der Waals surface area contributed by atoms with Gasteiger partial charge in [-0.25, -0.2) is 4.98 Å². The second-order valence-electron chi connectivity index (χ2n) is 6.39. The van der Waals surface area contributed by atoms with Gasteiger partial charge in [0, 0.05) is 38.0 Å². The van der Waals surface area contributed by atoms with Crippen LogP contribution in [-0.2, 0) is 14.3 Å². The van der Waals surface area contributed by atoms with Crippen LogP contribution in [0.4, 0.5) is 0 Å². The number of thiazole rings is 1. The summed E-state index contributed by atoms with van der Waals surface area (Å²) in [5.41, 5.74) is 0.987. The van der Waals surface area contributed by atoms with Crippen LogP contribution in [0.15, 0.2) is 0 Å². The monoisotopic (exact) mass is 353 g/mol. The molecule has 2 amide bonds. The third-order valence-electron chi connectivity index (χ3n) is 4.73. The Bertz CT molecular complexity index is 594. The Labute approximate surface area is 147 Å². The minimum atomic E-state index is -0.0318. The van der Waals surface area contributed by atoms with Crippen LogP contribution in [0, 0.1) is 19.8 Å². The summed E-state index contributed by atoms with van der Waals surface area (Å²) in [6.07, 6.45) is 1.42. The molecular weight excluding hydrogens is 326 g/mol. The molecule has 7 heteroatoms. The number of amides is 2. The second-order valence-corrected chi connectivity index (χ2v) is 7.79. The van der Waals surface area contributed by atoms with Crippen LogP contribution in [0.1, 0.15) is 41.4 Å². The normalized spacial score (nSPS) is 17.0. The zero-order valence-corrected chi connectivity index (χ0v) is 16.0. The van der Waals surface area contributed by atoms with Crippen LogP contribution in [0.3, 0.4) is 0 Å². The fourth-order valence-electron chi connectivity index (χ4n) is 3.19. The molecule has 0 saturated carbocycles. The largest absolute Gasteiger partial charge is 0.375 e. The van der Waals surface area contributed by atoms with Crippen LogP contribution in [-0.4, -0.2) is 60.5 Å². The number of likely N-dealkylation sites (tertiary alicyclic amines) is 1. The fourth-order valence-corrected chi connectivity index (χ4v) is 4.09. The zero-order chi connectivity index (χ0) is 17.9. The zero-order valence-electron chi connectivity index (χ0n) is 15.2. The van der Waals surface area contributed by atoms with Crippen molar-refractivity contribution in [2.45, 2.75) is 39.7 Å². The van der Waals surface area contributed by atoms with Crippen molar-refractivity contribution < 1.29 is 14.3 Å². The SMILES string of the molecule is COCC(=O)N1CCC(C(=O)N(C)[C@@H](C)c2nc(C)sc2C)CC1. The summed E-state index contributed by atoms with van der Waals surface area (Å²) in [5.74, 6) is 0.120. The summed E-state index contributed by atoms with van der Waals surface area (Å²) in [5, 5.41) is 1.03. The topological polar surface area (TPSA) is 62.7 Å². The molecule has 0 aromatic carbocycles. The first-order chi connectivity index (χ1) is 11.3. The molecule has 0 radical (unpaired) electrons. The number of hydrogen-bond donors (Lipinski definition) is 0. The molecule has 24 heavy (non-hydrogen) atoms. The van der Waals surface area contributed by atoms with Gasteiger partial charge in [0.1, 0.15) is 6.61 Å². The number of methoxy groups -OCH3 is 1. The van der Waals surface area contributed by atoms with Gasteiger partial charge in [-0.2, -0.15) is 0 Å². The molecule has 134 valence electrons. The molecule has 0 unspecified atom stereocenters. The van der Waals surface area contributed by atoms with Gasteiger partial charge in [-0.1, -0.05) is 0 Å². The summed E-state index contributed by atoms with van der Waals surface area (Å²) < 4.78 is 4.89.